The van der Waals surface area contributed by atoms with Gasteiger partial charge in [0.05, 0.1) is 30.5 Å². The number of nitrogens with zero attached hydrogens (tertiary/aromatic N) is 1. The van der Waals surface area contributed by atoms with Crippen LogP contribution < -0.4 is 14.8 Å². The van der Waals surface area contributed by atoms with Crippen LogP contribution in [-0.2, 0) is 14.8 Å². The van der Waals surface area contributed by atoms with E-state index >= 15 is 0 Å². The molecule has 2 aromatic rings. The van der Waals surface area contributed by atoms with Gasteiger partial charge in [-0.05, 0) is 30.7 Å². The third-order valence-electron chi connectivity index (χ3n) is 4.20. The van der Waals surface area contributed by atoms with Crippen molar-refractivity contribution in [2.24, 2.45) is 0 Å². The van der Waals surface area contributed by atoms with E-state index in [0.717, 1.165) is 5.56 Å². The van der Waals surface area contributed by atoms with Gasteiger partial charge in [-0.25, -0.2) is 12.7 Å². The van der Waals surface area contributed by atoms with Crippen molar-refractivity contribution < 1.29 is 27.5 Å². The highest BCUT2D eigenvalue weighted by atomic mass is 35.5. The first kappa shape index (κ1) is 20.0. The average Bonchev–Trinajstić information content (AvgIpc) is 2.83. The van der Waals surface area contributed by atoms with Crippen LogP contribution in [-0.4, -0.2) is 45.3 Å². The zero-order chi connectivity index (χ0) is 20.6. The summed E-state index contributed by atoms with van der Waals surface area (Å²) in [6.07, 6.45) is 0. The molecule has 148 valence electrons. The monoisotopic (exact) mass is 424 g/mol. The lowest BCUT2D eigenvalue weighted by Gasteiger charge is -2.15. The van der Waals surface area contributed by atoms with Crippen LogP contribution in [0.15, 0.2) is 35.2 Å². The van der Waals surface area contributed by atoms with Crippen molar-refractivity contribution in [3.05, 3.63) is 46.5 Å². The minimum Gasteiger partial charge on any atom is -0.493 e. The maximum atomic E-state index is 12.8. The summed E-state index contributed by atoms with van der Waals surface area (Å²) < 4.78 is 36.2. The summed E-state index contributed by atoms with van der Waals surface area (Å²) in [4.78, 5) is 24.7. The van der Waals surface area contributed by atoms with Crippen LogP contribution in [0.2, 0.25) is 5.02 Å². The summed E-state index contributed by atoms with van der Waals surface area (Å²) in [5.74, 6) is -1.14. The summed E-state index contributed by atoms with van der Waals surface area (Å²) in [6.45, 7) is 1.15. The number of amides is 2. The molecule has 1 aliphatic rings. The molecule has 0 saturated carbocycles. The lowest BCUT2D eigenvalue weighted by Crippen LogP contribution is -2.37. The van der Waals surface area contributed by atoms with Crippen LogP contribution in [0.1, 0.15) is 15.9 Å². The number of hydrogen-bond donors (Lipinski definition) is 1. The number of nitrogens with one attached hydrogen (secondary N) is 1. The van der Waals surface area contributed by atoms with Gasteiger partial charge < -0.3 is 14.8 Å². The number of carbonyl (C=O) groups is 2. The maximum Gasteiger partial charge on any atom is 0.269 e. The molecule has 0 aliphatic carbocycles. The Morgan fingerprint density at radius 1 is 1.14 bits per heavy atom. The van der Waals surface area contributed by atoms with Crippen molar-refractivity contribution >= 4 is 39.1 Å². The number of methoxy groups -OCH3 is 2. The predicted molar refractivity (Wildman–Crippen MR) is 103 cm³/mol. The Morgan fingerprint density at radius 3 is 2.39 bits per heavy atom. The highest BCUT2D eigenvalue weighted by Crippen LogP contribution is 2.38. The average molecular weight is 425 g/mol. The summed E-state index contributed by atoms with van der Waals surface area (Å²) in [7, 11) is -1.48. The van der Waals surface area contributed by atoms with Crippen molar-refractivity contribution in [2.45, 2.75) is 11.8 Å². The smallest absolute Gasteiger partial charge is 0.269 e. The van der Waals surface area contributed by atoms with E-state index in [1.807, 2.05) is 6.92 Å². The van der Waals surface area contributed by atoms with E-state index in [1.165, 1.54) is 26.4 Å². The van der Waals surface area contributed by atoms with Gasteiger partial charge in [0.25, 0.3) is 15.9 Å². The molecule has 0 atom stereocenters. The maximum absolute atomic E-state index is 12.8. The van der Waals surface area contributed by atoms with Crippen LogP contribution in [0.3, 0.4) is 0 Å². The van der Waals surface area contributed by atoms with E-state index in [0.29, 0.717) is 15.0 Å². The highest BCUT2D eigenvalue weighted by molar-refractivity contribution is 7.90. The Hall–Kier alpha value is -2.78. The zero-order valence-corrected chi connectivity index (χ0v) is 16.8. The predicted octanol–water partition coefficient (Wildman–Crippen LogP) is 2.45. The first-order valence-electron chi connectivity index (χ1n) is 8.08. The molecule has 3 rings (SSSR count). The molecular weight excluding hydrogens is 408 g/mol. The lowest BCUT2D eigenvalue weighted by atomic mass is 10.2. The van der Waals surface area contributed by atoms with E-state index in [2.05, 4.69) is 5.32 Å². The largest absolute Gasteiger partial charge is 0.493 e. The number of benzene rings is 2. The summed E-state index contributed by atoms with van der Waals surface area (Å²) in [5, 5.41) is 2.82. The van der Waals surface area contributed by atoms with Crippen LogP contribution >= 0.6 is 11.6 Å². The van der Waals surface area contributed by atoms with Crippen molar-refractivity contribution in [1.82, 2.24) is 4.31 Å². The molecule has 1 N–H and O–H groups in total. The van der Waals surface area contributed by atoms with E-state index in [-0.39, 0.29) is 22.0 Å². The SMILES string of the molecule is COc1cc2c(cc1OC)S(=O)(=O)N(CC(=O)Nc1ccc(C)cc1Cl)C2=O. The molecule has 0 radical (unpaired) electrons. The second kappa shape index (κ2) is 7.33. The number of rotatable bonds is 5. The fourth-order valence-electron chi connectivity index (χ4n) is 2.80. The molecule has 0 fully saturated rings. The quantitative estimate of drug-likeness (QED) is 0.791. The van der Waals surface area contributed by atoms with Gasteiger partial charge in [-0.2, -0.15) is 0 Å². The molecule has 2 aromatic carbocycles. The van der Waals surface area contributed by atoms with Crippen molar-refractivity contribution in [3.8, 4) is 11.5 Å². The Bertz CT molecular complexity index is 1080. The number of aryl methyl sites for hydroxylation is 1. The van der Waals surface area contributed by atoms with Gasteiger partial charge >= 0.3 is 0 Å². The number of ether oxygens (including phenoxy) is 2. The van der Waals surface area contributed by atoms with Crippen LogP contribution in [0.4, 0.5) is 5.69 Å². The summed E-state index contributed by atoms with van der Waals surface area (Å²) in [6, 6.07) is 7.48. The standard InChI is InChI=1S/C18H17ClN2O6S/c1-10-4-5-13(12(19)6-10)20-17(22)9-21-18(23)11-7-14(26-2)15(27-3)8-16(11)28(21,24)25/h4-8H,9H2,1-3H3,(H,20,22). The van der Waals surface area contributed by atoms with E-state index < -0.39 is 28.4 Å². The Labute approximate surface area is 167 Å². The number of carbonyl (C=O) groups excluding carboxylic acids is 2. The summed E-state index contributed by atoms with van der Waals surface area (Å²) in [5.41, 5.74) is 1.14. The van der Waals surface area contributed by atoms with Crippen LogP contribution in [0.25, 0.3) is 0 Å². The minimum absolute atomic E-state index is 0.0844. The van der Waals surface area contributed by atoms with Gasteiger partial charge in [0, 0.05) is 6.07 Å². The van der Waals surface area contributed by atoms with Crippen LogP contribution in [0.5, 0.6) is 11.5 Å². The van der Waals surface area contributed by atoms with Crippen molar-refractivity contribution in [1.29, 1.82) is 0 Å². The fourth-order valence-corrected chi connectivity index (χ4v) is 4.61. The van der Waals surface area contributed by atoms with E-state index in [4.69, 9.17) is 21.1 Å². The van der Waals surface area contributed by atoms with Gasteiger partial charge in [0.15, 0.2) is 11.5 Å². The molecule has 0 bridgehead atoms. The highest BCUT2D eigenvalue weighted by Gasteiger charge is 2.43. The molecule has 8 nitrogen and oxygen atoms in total. The number of sulfonamides is 1. The molecule has 0 aromatic heterocycles. The second-order valence-electron chi connectivity index (χ2n) is 6.05. The first-order chi connectivity index (χ1) is 13.2. The van der Waals surface area contributed by atoms with Gasteiger partial charge in [0.1, 0.15) is 11.4 Å². The van der Waals surface area contributed by atoms with Crippen molar-refractivity contribution in [3.63, 3.8) is 0 Å². The molecule has 10 heteroatoms. The Kier molecular flexibility index (Phi) is 5.22. The molecule has 0 spiro atoms. The number of halogens is 1. The third kappa shape index (κ3) is 3.38. The molecule has 1 heterocycles. The first-order valence-corrected chi connectivity index (χ1v) is 9.90. The molecule has 1 aliphatic heterocycles. The lowest BCUT2D eigenvalue weighted by molar-refractivity contribution is -0.116. The van der Waals surface area contributed by atoms with Gasteiger partial charge in [-0.3, -0.25) is 9.59 Å². The van der Waals surface area contributed by atoms with Gasteiger partial charge in [-0.1, -0.05) is 17.7 Å². The summed E-state index contributed by atoms with van der Waals surface area (Å²) >= 11 is 6.07. The van der Waals surface area contributed by atoms with Crippen LogP contribution in [0, 0.1) is 6.92 Å². The fraction of sp³-hybridized carbons (Fsp3) is 0.222. The van der Waals surface area contributed by atoms with Gasteiger partial charge in [-0.15, -0.1) is 0 Å². The minimum atomic E-state index is -4.20. The van der Waals surface area contributed by atoms with Crippen molar-refractivity contribution in [2.75, 3.05) is 26.1 Å². The second-order valence-corrected chi connectivity index (χ2v) is 8.29. The number of hydrogen-bond acceptors (Lipinski definition) is 6. The number of fused-ring (bicyclic) bond motifs is 1. The Morgan fingerprint density at radius 2 is 1.79 bits per heavy atom. The Balaban J connectivity index is 1.88. The molecule has 0 unspecified atom stereocenters. The number of anilines is 1. The normalized spacial score (nSPS) is 14.6. The van der Waals surface area contributed by atoms with E-state index in [9.17, 15) is 18.0 Å². The topological polar surface area (TPSA) is 102 Å². The molecular formula is C18H17ClN2O6S. The zero-order valence-electron chi connectivity index (χ0n) is 15.3. The molecule has 0 saturated heterocycles. The third-order valence-corrected chi connectivity index (χ3v) is 6.28. The van der Waals surface area contributed by atoms with Gasteiger partial charge in [0.2, 0.25) is 5.91 Å². The molecule has 28 heavy (non-hydrogen) atoms. The van der Waals surface area contributed by atoms with E-state index in [1.54, 1.807) is 18.2 Å². The molecule has 2 amide bonds.